The Kier molecular flexibility index (Phi) is 5.43. The third-order valence-corrected chi connectivity index (χ3v) is 3.47. The van der Waals surface area contributed by atoms with Gasteiger partial charge < -0.3 is 4.90 Å². The lowest BCUT2D eigenvalue weighted by Crippen LogP contribution is -2.48. The molecule has 1 heterocycles. The Morgan fingerprint density at radius 2 is 1.84 bits per heavy atom. The third-order valence-electron chi connectivity index (χ3n) is 3.30. The molecule has 0 aliphatic carbocycles. The number of hydrogen-bond donors (Lipinski definition) is 0. The zero-order valence-electron chi connectivity index (χ0n) is 11.0. The lowest BCUT2D eigenvalue weighted by Gasteiger charge is -2.33. The third kappa shape index (κ3) is 4.37. The van der Waals surface area contributed by atoms with Crippen LogP contribution in [0.4, 0.5) is 0 Å². The number of benzene rings is 1. The molecule has 1 aliphatic rings. The van der Waals surface area contributed by atoms with Crippen LogP contribution >= 0.6 is 11.6 Å². The van der Waals surface area contributed by atoms with Gasteiger partial charge in [-0.15, -0.1) is 11.6 Å². The van der Waals surface area contributed by atoms with E-state index in [2.05, 4.69) is 4.90 Å². The predicted octanol–water partition coefficient (Wildman–Crippen LogP) is 2.08. The van der Waals surface area contributed by atoms with Gasteiger partial charge >= 0.3 is 0 Å². The SMILES string of the molecule is O=C(C=Cc1ccccc1)N1CCN(CCCl)CC1. The van der Waals surface area contributed by atoms with Crippen LogP contribution in [0, 0.1) is 0 Å². The van der Waals surface area contributed by atoms with Gasteiger partial charge in [0.25, 0.3) is 0 Å². The van der Waals surface area contributed by atoms with Crippen LogP contribution in [-0.4, -0.2) is 54.3 Å². The van der Waals surface area contributed by atoms with Gasteiger partial charge in [0.1, 0.15) is 0 Å². The Labute approximate surface area is 119 Å². The topological polar surface area (TPSA) is 23.6 Å². The summed E-state index contributed by atoms with van der Waals surface area (Å²) in [7, 11) is 0. The summed E-state index contributed by atoms with van der Waals surface area (Å²) in [6.45, 7) is 4.31. The Morgan fingerprint density at radius 1 is 1.16 bits per heavy atom. The fraction of sp³-hybridized carbons (Fsp3) is 0.400. The number of carbonyl (C=O) groups excluding carboxylic acids is 1. The van der Waals surface area contributed by atoms with Gasteiger partial charge in [-0.1, -0.05) is 30.3 Å². The van der Waals surface area contributed by atoms with Crippen LogP contribution in [0.3, 0.4) is 0 Å². The second-order valence-corrected chi connectivity index (χ2v) is 4.98. The van der Waals surface area contributed by atoms with E-state index in [4.69, 9.17) is 11.6 Å². The molecule has 3 nitrogen and oxygen atoms in total. The molecular weight excluding hydrogens is 260 g/mol. The zero-order valence-corrected chi connectivity index (χ0v) is 11.7. The van der Waals surface area contributed by atoms with Gasteiger partial charge in [0.15, 0.2) is 0 Å². The molecule has 0 N–H and O–H groups in total. The molecule has 0 aromatic heterocycles. The van der Waals surface area contributed by atoms with Crippen molar-refractivity contribution in [1.29, 1.82) is 0 Å². The summed E-state index contributed by atoms with van der Waals surface area (Å²) in [5.41, 5.74) is 1.05. The summed E-state index contributed by atoms with van der Waals surface area (Å²) in [6.07, 6.45) is 3.53. The Morgan fingerprint density at radius 3 is 2.47 bits per heavy atom. The van der Waals surface area contributed by atoms with E-state index in [0.717, 1.165) is 38.3 Å². The summed E-state index contributed by atoms with van der Waals surface area (Å²) >= 11 is 5.72. The van der Waals surface area contributed by atoms with Crippen molar-refractivity contribution in [3.05, 3.63) is 42.0 Å². The maximum absolute atomic E-state index is 12.0. The maximum atomic E-state index is 12.0. The molecule has 2 rings (SSSR count). The molecule has 1 aromatic carbocycles. The first kappa shape index (κ1) is 14.1. The van der Waals surface area contributed by atoms with Crippen molar-refractivity contribution in [1.82, 2.24) is 9.80 Å². The number of rotatable bonds is 4. The van der Waals surface area contributed by atoms with E-state index in [1.807, 2.05) is 41.3 Å². The van der Waals surface area contributed by atoms with Crippen LogP contribution in [-0.2, 0) is 4.79 Å². The predicted molar refractivity (Wildman–Crippen MR) is 79.2 cm³/mol. The number of alkyl halides is 1. The molecule has 1 saturated heterocycles. The molecule has 1 aliphatic heterocycles. The van der Waals surface area contributed by atoms with Gasteiger partial charge in [0, 0.05) is 44.7 Å². The highest BCUT2D eigenvalue weighted by Gasteiger charge is 2.18. The lowest BCUT2D eigenvalue weighted by atomic mass is 10.2. The number of amides is 1. The van der Waals surface area contributed by atoms with Gasteiger partial charge in [0.05, 0.1) is 0 Å². The van der Waals surface area contributed by atoms with Crippen molar-refractivity contribution in [3.8, 4) is 0 Å². The summed E-state index contributed by atoms with van der Waals surface area (Å²) in [4.78, 5) is 16.2. The molecule has 0 radical (unpaired) electrons. The molecule has 0 saturated carbocycles. The second-order valence-electron chi connectivity index (χ2n) is 4.60. The van der Waals surface area contributed by atoms with Crippen LogP contribution in [0.15, 0.2) is 36.4 Å². The number of nitrogens with zero attached hydrogens (tertiary/aromatic N) is 2. The fourth-order valence-electron chi connectivity index (χ4n) is 2.15. The molecule has 0 spiro atoms. The van der Waals surface area contributed by atoms with E-state index in [1.54, 1.807) is 6.08 Å². The van der Waals surface area contributed by atoms with E-state index >= 15 is 0 Å². The van der Waals surface area contributed by atoms with E-state index in [9.17, 15) is 4.79 Å². The monoisotopic (exact) mass is 278 g/mol. The average molecular weight is 279 g/mol. The molecule has 19 heavy (non-hydrogen) atoms. The Hall–Kier alpha value is -1.32. The molecule has 0 atom stereocenters. The van der Waals surface area contributed by atoms with Gasteiger partial charge in [-0.2, -0.15) is 0 Å². The van der Waals surface area contributed by atoms with Crippen LogP contribution < -0.4 is 0 Å². The minimum Gasteiger partial charge on any atom is -0.337 e. The van der Waals surface area contributed by atoms with Gasteiger partial charge in [-0.3, -0.25) is 9.69 Å². The van der Waals surface area contributed by atoms with Gasteiger partial charge in [0.2, 0.25) is 5.91 Å². The first-order valence-corrected chi connectivity index (χ1v) is 7.13. The first-order chi connectivity index (χ1) is 9.29. The lowest BCUT2D eigenvalue weighted by molar-refractivity contribution is -0.127. The molecule has 1 amide bonds. The van der Waals surface area contributed by atoms with Crippen molar-refractivity contribution in [2.24, 2.45) is 0 Å². The minimum atomic E-state index is 0.0920. The maximum Gasteiger partial charge on any atom is 0.246 e. The van der Waals surface area contributed by atoms with Gasteiger partial charge in [-0.05, 0) is 11.6 Å². The fourth-order valence-corrected chi connectivity index (χ4v) is 2.39. The number of halogens is 1. The molecule has 4 heteroatoms. The van der Waals surface area contributed by atoms with Crippen molar-refractivity contribution in [2.45, 2.75) is 0 Å². The Balaban J connectivity index is 1.83. The summed E-state index contributed by atoms with van der Waals surface area (Å²) in [5, 5.41) is 0. The first-order valence-electron chi connectivity index (χ1n) is 6.60. The smallest absolute Gasteiger partial charge is 0.246 e. The zero-order chi connectivity index (χ0) is 13.5. The molecule has 1 fully saturated rings. The number of hydrogen-bond acceptors (Lipinski definition) is 2. The average Bonchev–Trinajstić information content (AvgIpc) is 2.47. The second kappa shape index (κ2) is 7.31. The van der Waals surface area contributed by atoms with Crippen LogP contribution in [0.1, 0.15) is 5.56 Å². The van der Waals surface area contributed by atoms with Crippen molar-refractivity contribution in [2.75, 3.05) is 38.6 Å². The summed E-state index contributed by atoms with van der Waals surface area (Å²) in [6, 6.07) is 9.88. The highest BCUT2D eigenvalue weighted by molar-refractivity contribution is 6.18. The number of piperazine rings is 1. The molecule has 0 bridgehead atoms. The molecule has 0 unspecified atom stereocenters. The quantitative estimate of drug-likeness (QED) is 0.622. The van der Waals surface area contributed by atoms with E-state index < -0.39 is 0 Å². The highest BCUT2D eigenvalue weighted by Crippen LogP contribution is 2.05. The molecule has 102 valence electrons. The number of carbonyl (C=O) groups is 1. The molecular formula is C15H19ClN2O. The van der Waals surface area contributed by atoms with E-state index in [-0.39, 0.29) is 5.91 Å². The minimum absolute atomic E-state index is 0.0920. The van der Waals surface area contributed by atoms with Crippen molar-refractivity contribution in [3.63, 3.8) is 0 Å². The van der Waals surface area contributed by atoms with Crippen LogP contribution in [0.5, 0.6) is 0 Å². The standard InChI is InChI=1S/C15H19ClN2O/c16-8-9-17-10-12-18(13-11-17)15(19)7-6-14-4-2-1-3-5-14/h1-7H,8-13H2. The summed E-state index contributed by atoms with van der Waals surface area (Å²) in [5.74, 6) is 0.747. The molecule has 1 aromatic rings. The van der Waals surface area contributed by atoms with Crippen LogP contribution in [0.2, 0.25) is 0 Å². The largest absolute Gasteiger partial charge is 0.337 e. The Bertz CT molecular complexity index is 425. The normalized spacial score (nSPS) is 17.0. The van der Waals surface area contributed by atoms with Crippen molar-refractivity contribution >= 4 is 23.6 Å². The van der Waals surface area contributed by atoms with E-state index in [0.29, 0.717) is 5.88 Å². The van der Waals surface area contributed by atoms with Gasteiger partial charge in [-0.25, -0.2) is 0 Å². The van der Waals surface area contributed by atoms with Crippen LogP contribution in [0.25, 0.3) is 6.08 Å². The highest BCUT2D eigenvalue weighted by atomic mass is 35.5. The van der Waals surface area contributed by atoms with Crippen molar-refractivity contribution < 1.29 is 4.79 Å². The summed E-state index contributed by atoms with van der Waals surface area (Å²) < 4.78 is 0. The van der Waals surface area contributed by atoms with E-state index in [1.165, 1.54) is 0 Å².